The first-order valence-electron chi connectivity index (χ1n) is 10.1. The summed E-state index contributed by atoms with van der Waals surface area (Å²) in [5, 5.41) is 12.9. The molecule has 2 aliphatic rings. The van der Waals surface area contributed by atoms with Crippen LogP contribution in [0.3, 0.4) is 0 Å². The standard InChI is InChI=1S/C24H20N4O3S/c1-15-3-4-18(11-16(15)2)13-28-23(30)22-20(9-10-32-22)27(24(28)31)14-21(29)26-19-7-5-17(12-25)6-8-19/h3-11,22H,13-14H2,1-2H3/p+1. The molecule has 4 rings (SSSR count). The first-order chi connectivity index (χ1) is 15.4. The maximum Gasteiger partial charge on any atom is 0.501 e. The van der Waals surface area contributed by atoms with Gasteiger partial charge in [-0.3, -0.25) is 4.79 Å². The lowest BCUT2D eigenvalue weighted by Crippen LogP contribution is -2.55. The van der Waals surface area contributed by atoms with Crippen molar-refractivity contribution in [2.75, 3.05) is 11.9 Å². The number of imide groups is 1. The van der Waals surface area contributed by atoms with Gasteiger partial charge in [-0.05, 0) is 66.3 Å². The Hall–Kier alpha value is -3.70. The number of aryl methyl sites for hydroxylation is 2. The maximum atomic E-state index is 13.3. The van der Waals surface area contributed by atoms with Crippen LogP contribution in [0.15, 0.2) is 53.9 Å². The zero-order valence-corrected chi connectivity index (χ0v) is 18.5. The molecule has 2 aromatic rings. The predicted octanol–water partition coefficient (Wildman–Crippen LogP) is 3.36. The van der Waals surface area contributed by atoms with E-state index in [1.165, 1.54) is 21.2 Å². The van der Waals surface area contributed by atoms with Crippen LogP contribution < -0.4 is 5.32 Å². The summed E-state index contributed by atoms with van der Waals surface area (Å²) in [5.74, 6) is -0.665. The van der Waals surface area contributed by atoms with Gasteiger partial charge in [-0.2, -0.15) is 19.5 Å². The highest BCUT2D eigenvalue weighted by Gasteiger charge is 2.49. The van der Waals surface area contributed by atoms with Crippen molar-refractivity contribution in [3.05, 3.63) is 76.2 Å². The number of hydrogen-bond acceptors (Lipinski definition) is 5. The normalized spacial score (nSPS) is 17.4. The molecule has 2 aromatic carbocycles. The fraction of sp³-hybridized carbons (Fsp3) is 0.208. The molecule has 0 aromatic heterocycles. The van der Waals surface area contributed by atoms with Crippen LogP contribution in [-0.4, -0.2) is 44.8 Å². The molecule has 1 N–H and O–H groups in total. The van der Waals surface area contributed by atoms with E-state index in [1.807, 2.05) is 38.1 Å². The minimum absolute atomic E-state index is 0.150. The molecule has 7 nitrogen and oxygen atoms in total. The van der Waals surface area contributed by atoms with Crippen LogP contribution in [0.5, 0.6) is 0 Å². The average Bonchev–Trinajstić information content (AvgIpc) is 3.27. The number of carbonyl (C=O) groups excluding carboxylic acids is 3. The Balaban J connectivity index is 1.56. The van der Waals surface area contributed by atoms with Crippen molar-refractivity contribution in [1.82, 2.24) is 4.90 Å². The highest BCUT2D eigenvalue weighted by atomic mass is 32.2. The van der Waals surface area contributed by atoms with Crippen molar-refractivity contribution in [2.24, 2.45) is 0 Å². The fourth-order valence-corrected chi connectivity index (χ4v) is 4.58. The molecule has 2 aliphatic heterocycles. The zero-order valence-electron chi connectivity index (χ0n) is 17.7. The number of carbonyl (C=O) groups is 3. The summed E-state index contributed by atoms with van der Waals surface area (Å²) in [5.41, 5.74) is 4.62. The lowest BCUT2D eigenvalue weighted by Gasteiger charge is -2.24. The Kier molecular flexibility index (Phi) is 5.93. The molecule has 0 radical (unpaired) electrons. The molecule has 1 atom stereocenters. The number of fused-ring (bicyclic) bond motifs is 1. The molecule has 1 unspecified atom stereocenters. The van der Waals surface area contributed by atoms with Gasteiger partial charge in [-0.25, -0.2) is 4.79 Å². The monoisotopic (exact) mass is 445 g/mol. The SMILES string of the molecule is Cc1ccc(CN2C(=O)C3SC=CC3=[N+](CC(=O)Nc3ccc(C#N)cc3)C2=O)cc1C. The summed E-state index contributed by atoms with van der Waals surface area (Å²) in [6.07, 6.45) is 1.72. The van der Waals surface area contributed by atoms with E-state index in [-0.39, 0.29) is 24.9 Å². The van der Waals surface area contributed by atoms with E-state index in [0.717, 1.165) is 16.7 Å². The van der Waals surface area contributed by atoms with Crippen molar-refractivity contribution in [3.8, 4) is 6.07 Å². The molecule has 0 saturated heterocycles. The first kappa shape index (κ1) is 21.5. The molecule has 0 spiro atoms. The molecule has 0 aliphatic carbocycles. The summed E-state index contributed by atoms with van der Waals surface area (Å²) in [6, 6.07) is 13.8. The van der Waals surface area contributed by atoms with Gasteiger partial charge in [0.05, 0.1) is 11.6 Å². The Bertz CT molecular complexity index is 1220. The highest BCUT2D eigenvalue weighted by Crippen LogP contribution is 2.29. The Morgan fingerprint density at radius 3 is 2.59 bits per heavy atom. The molecule has 0 bridgehead atoms. The summed E-state index contributed by atoms with van der Waals surface area (Å²) in [7, 11) is 0. The van der Waals surface area contributed by atoms with Gasteiger partial charge in [0.15, 0.2) is 11.8 Å². The number of allylic oxidation sites excluding steroid dienone is 1. The predicted molar refractivity (Wildman–Crippen MR) is 122 cm³/mol. The van der Waals surface area contributed by atoms with E-state index >= 15 is 0 Å². The second kappa shape index (κ2) is 8.81. The number of hydrogen-bond donors (Lipinski definition) is 1. The molecule has 2 heterocycles. The minimum atomic E-state index is -0.540. The van der Waals surface area contributed by atoms with Crippen molar-refractivity contribution >= 4 is 41.0 Å². The molecule has 160 valence electrons. The molecule has 32 heavy (non-hydrogen) atoms. The number of rotatable bonds is 5. The number of nitrogens with one attached hydrogen (secondary N) is 1. The third-order valence-electron chi connectivity index (χ3n) is 5.50. The highest BCUT2D eigenvalue weighted by molar-refractivity contribution is 8.04. The van der Waals surface area contributed by atoms with Gasteiger partial charge in [0.25, 0.3) is 5.91 Å². The third kappa shape index (κ3) is 4.20. The summed E-state index contributed by atoms with van der Waals surface area (Å²) in [6.45, 7) is 3.93. The van der Waals surface area contributed by atoms with Crippen molar-refractivity contribution in [3.63, 3.8) is 0 Å². The number of thioether (sulfide) groups is 1. The van der Waals surface area contributed by atoms with E-state index < -0.39 is 11.3 Å². The van der Waals surface area contributed by atoms with Gasteiger partial charge in [0, 0.05) is 5.69 Å². The molecule has 0 saturated carbocycles. The van der Waals surface area contributed by atoms with Crippen molar-refractivity contribution in [2.45, 2.75) is 25.6 Å². The van der Waals surface area contributed by atoms with E-state index in [4.69, 9.17) is 5.26 Å². The minimum Gasteiger partial charge on any atom is -0.323 e. The Morgan fingerprint density at radius 2 is 1.91 bits per heavy atom. The topological polar surface area (TPSA) is 93.3 Å². The molecule has 0 fully saturated rings. The lowest BCUT2D eigenvalue weighted by molar-refractivity contribution is -0.426. The van der Waals surface area contributed by atoms with Gasteiger partial charge < -0.3 is 5.32 Å². The number of nitriles is 1. The second-order valence-electron chi connectivity index (χ2n) is 7.69. The lowest BCUT2D eigenvalue weighted by atomic mass is 10.1. The smallest absolute Gasteiger partial charge is 0.323 e. The third-order valence-corrected chi connectivity index (χ3v) is 6.51. The number of anilines is 1. The van der Waals surface area contributed by atoms with Gasteiger partial charge in [-0.1, -0.05) is 18.2 Å². The van der Waals surface area contributed by atoms with Crippen molar-refractivity contribution < 1.29 is 19.0 Å². The summed E-state index contributed by atoms with van der Waals surface area (Å²) >= 11 is 1.33. The maximum absolute atomic E-state index is 13.3. The Morgan fingerprint density at radius 1 is 1.16 bits per heavy atom. The van der Waals surface area contributed by atoms with Crippen LogP contribution in [0, 0.1) is 25.2 Å². The number of nitrogens with zero attached hydrogens (tertiary/aromatic N) is 3. The van der Waals surface area contributed by atoms with Gasteiger partial charge in [-0.15, -0.1) is 11.8 Å². The molecular weight excluding hydrogens is 424 g/mol. The number of urea groups is 1. The van der Waals surface area contributed by atoms with Crippen LogP contribution in [0.25, 0.3) is 0 Å². The largest absolute Gasteiger partial charge is 0.501 e. The zero-order chi connectivity index (χ0) is 22.8. The van der Waals surface area contributed by atoms with Crippen LogP contribution in [0.2, 0.25) is 0 Å². The number of benzene rings is 2. The molecular formula is C24H21N4O3S+. The van der Waals surface area contributed by atoms with E-state index in [1.54, 1.807) is 35.7 Å². The van der Waals surface area contributed by atoms with Crippen LogP contribution >= 0.6 is 11.8 Å². The average molecular weight is 446 g/mol. The van der Waals surface area contributed by atoms with Gasteiger partial charge in [0.1, 0.15) is 12.3 Å². The Labute approximate surface area is 190 Å². The van der Waals surface area contributed by atoms with Gasteiger partial charge >= 0.3 is 11.9 Å². The van der Waals surface area contributed by atoms with E-state index in [9.17, 15) is 14.4 Å². The summed E-state index contributed by atoms with van der Waals surface area (Å²) in [4.78, 5) is 40.2. The van der Waals surface area contributed by atoms with Crippen LogP contribution in [0.1, 0.15) is 22.3 Å². The second-order valence-corrected chi connectivity index (χ2v) is 8.71. The van der Waals surface area contributed by atoms with E-state index in [2.05, 4.69) is 5.32 Å². The number of amides is 4. The van der Waals surface area contributed by atoms with Gasteiger partial charge in [0.2, 0.25) is 0 Å². The van der Waals surface area contributed by atoms with Crippen molar-refractivity contribution in [1.29, 1.82) is 5.26 Å². The fourth-order valence-electron chi connectivity index (χ4n) is 3.61. The molecule has 8 heteroatoms. The first-order valence-corrected chi connectivity index (χ1v) is 11.0. The van der Waals surface area contributed by atoms with E-state index in [0.29, 0.717) is 17.0 Å². The summed E-state index contributed by atoms with van der Waals surface area (Å²) < 4.78 is 1.36. The van der Waals surface area contributed by atoms with Crippen LogP contribution in [-0.2, 0) is 16.1 Å². The quantitative estimate of drug-likeness (QED) is 0.713. The molecule has 4 amide bonds. The van der Waals surface area contributed by atoms with Crippen LogP contribution in [0.4, 0.5) is 10.5 Å².